The second kappa shape index (κ2) is 8.03. The maximum absolute atomic E-state index is 12.1. The van der Waals surface area contributed by atoms with Crippen LogP contribution in [0.15, 0.2) is 24.3 Å². The van der Waals surface area contributed by atoms with Gasteiger partial charge in [-0.15, -0.1) is 5.10 Å². The Morgan fingerprint density at radius 1 is 1.04 bits per heavy atom. The quantitative estimate of drug-likeness (QED) is 0.640. The van der Waals surface area contributed by atoms with E-state index in [2.05, 4.69) is 25.9 Å². The van der Waals surface area contributed by atoms with E-state index < -0.39 is 11.8 Å². The van der Waals surface area contributed by atoms with Gasteiger partial charge in [0.05, 0.1) is 6.42 Å². The smallest absolute Gasteiger partial charge is 0.276 e. The molecule has 9 nitrogen and oxygen atoms in total. The standard InChI is InChI=1S/C19H22N6O3/c1-11-6-5-7-12(2)18(11)28-10-17(27)23-22-16(26)9-15-21-19-20-13(3)8-14(4)25(19)24-15/h5-8H,9-10H2,1-4H3,(H,22,26)(H,23,27). The Kier molecular flexibility index (Phi) is 5.53. The minimum Gasteiger partial charge on any atom is -0.483 e. The number of aromatic nitrogens is 4. The number of para-hydroxylation sites is 1. The molecule has 28 heavy (non-hydrogen) atoms. The van der Waals surface area contributed by atoms with Crippen LogP contribution in [-0.4, -0.2) is 38.0 Å². The van der Waals surface area contributed by atoms with E-state index in [-0.39, 0.29) is 13.0 Å². The van der Waals surface area contributed by atoms with Crippen LogP contribution in [0, 0.1) is 27.7 Å². The molecule has 3 rings (SSSR count). The van der Waals surface area contributed by atoms with Crippen LogP contribution in [0.1, 0.15) is 28.3 Å². The summed E-state index contributed by atoms with van der Waals surface area (Å²) in [7, 11) is 0. The van der Waals surface area contributed by atoms with Gasteiger partial charge in [-0.05, 0) is 44.9 Å². The van der Waals surface area contributed by atoms with Crippen LogP contribution in [-0.2, 0) is 16.0 Å². The lowest BCUT2D eigenvalue weighted by molar-refractivity contribution is -0.129. The predicted octanol–water partition coefficient (Wildman–Crippen LogP) is 1.13. The van der Waals surface area contributed by atoms with Crippen molar-refractivity contribution in [2.24, 2.45) is 0 Å². The summed E-state index contributed by atoms with van der Waals surface area (Å²) in [5.41, 5.74) is 8.24. The highest BCUT2D eigenvalue weighted by Crippen LogP contribution is 2.21. The Balaban J connectivity index is 1.51. The molecule has 9 heteroatoms. The first-order valence-electron chi connectivity index (χ1n) is 8.80. The first kappa shape index (κ1) is 19.3. The second-order valence-corrected chi connectivity index (χ2v) is 6.56. The van der Waals surface area contributed by atoms with E-state index in [1.807, 2.05) is 52.0 Å². The fourth-order valence-corrected chi connectivity index (χ4v) is 2.81. The van der Waals surface area contributed by atoms with Gasteiger partial charge in [-0.1, -0.05) is 18.2 Å². The molecule has 146 valence electrons. The van der Waals surface area contributed by atoms with Crippen molar-refractivity contribution in [2.75, 3.05) is 6.61 Å². The number of fused-ring (bicyclic) bond motifs is 1. The molecule has 0 atom stereocenters. The van der Waals surface area contributed by atoms with Crippen molar-refractivity contribution in [1.29, 1.82) is 0 Å². The Bertz CT molecular complexity index is 1020. The molecular formula is C19H22N6O3. The lowest BCUT2D eigenvalue weighted by atomic mass is 10.1. The van der Waals surface area contributed by atoms with Gasteiger partial charge in [0, 0.05) is 11.4 Å². The second-order valence-electron chi connectivity index (χ2n) is 6.56. The molecule has 1 aromatic carbocycles. The third-order valence-electron chi connectivity index (χ3n) is 4.08. The van der Waals surface area contributed by atoms with Crippen LogP contribution < -0.4 is 15.6 Å². The van der Waals surface area contributed by atoms with E-state index in [9.17, 15) is 9.59 Å². The van der Waals surface area contributed by atoms with Crippen LogP contribution in [0.3, 0.4) is 0 Å². The number of benzene rings is 1. The first-order valence-corrected chi connectivity index (χ1v) is 8.80. The summed E-state index contributed by atoms with van der Waals surface area (Å²) in [5.74, 6) is 0.514. The van der Waals surface area contributed by atoms with Gasteiger partial charge in [-0.3, -0.25) is 20.4 Å². The van der Waals surface area contributed by atoms with Crippen molar-refractivity contribution in [2.45, 2.75) is 34.1 Å². The first-order chi connectivity index (χ1) is 13.3. The van der Waals surface area contributed by atoms with E-state index in [1.165, 1.54) is 0 Å². The van der Waals surface area contributed by atoms with E-state index >= 15 is 0 Å². The summed E-state index contributed by atoms with van der Waals surface area (Å²) in [6.45, 7) is 7.35. The van der Waals surface area contributed by atoms with Crippen LogP contribution in [0.25, 0.3) is 5.78 Å². The SMILES string of the molecule is Cc1cc(C)n2nc(CC(=O)NNC(=O)COc3c(C)cccc3C)nc2n1. The molecule has 2 N–H and O–H groups in total. The molecule has 0 unspecified atom stereocenters. The monoisotopic (exact) mass is 382 g/mol. The number of hydrogen-bond donors (Lipinski definition) is 2. The van der Waals surface area contributed by atoms with Crippen LogP contribution in [0.4, 0.5) is 0 Å². The maximum atomic E-state index is 12.1. The van der Waals surface area contributed by atoms with Gasteiger partial charge in [0.15, 0.2) is 12.4 Å². The maximum Gasteiger partial charge on any atom is 0.276 e. The minimum atomic E-state index is -0.466. The third-order valence-corrected chi connectivity index (χ3v) is 4.08. The summed E-state index contributed by atoms with van der Waals surface area (Å²) >= 11 is 0. The number of amides is 2. The van der Waals surface area contributed by atoms with Crippen LogP contribution in [0.5, 0.6) is 5.75 Å². The number of carbonyl (C=O) groups excluding carboxylic acids is 2. The Hall–Kier alpha value is -3.49. The number of hydrazine groups is 1. The average molecular weight is 382 g/mol. The van der Waals surface area contributed by atoms with Crippen molar-refractivity contribution in [3.8, 4) is 5.75 Å². The number of ether oxygens (including phenoxy) is 1. The van der Waals surface area contributed by atoms with E-state index in [0.717, 1.165) is 22.5 Å². The zero-order valence-electron chi connectivity index (χ0n) is 16.2. The molecule has 0 aliphatic rings. The molecule has 2 heterocycles. The van der Waals surface area contributed by atoms with Crippen molar-refractivity contribution >= 4 is 17.6 Å². The van der Waals surface area contributed by atoms with Crippen LogP contribution >= 0.6 is 0 Å². The highest BCUT2D eigenvalue weighted by atomic mass is 16.5. The number of aryl methyl sites for hydroxylation is 4. The Labute approximate surface area is 162 Å². The summed E-state index contributed by atoms with van der Waals surface area (Å²) in [6, 6.07) is 7.61. The molecular weight excluding hydrogens is 360 g/mol. The molecule has 2 amide bonds. The number of nitrogens with one attached hydrogen (secondary N) is 2. The fraction of sp³-hybridized carbons (Fsp3) is 0.316. The topological polar surface area (TPSA) is 111 Å². The summed E-state index contributed by atoms with van der Waals surface area (Å²) < 4.78 is 7.12. The normalized spacial score (nSPS) is 10.7. The predicted molar refractivity (Wildman–Crippen MR) is 102 cm³/mol. The number of hydrogen-bond acceptors (Lipinski definition) is 6. The van der Waals surface area contributed by atoms with Crippen molar-refractivity contribution < 1.29 is 14.3 Å². The molecule has 0 fully saturated rings. The van der Waals surface area contributed by atoms with Gasteiger partial charge in [0.25, 0.3) is 11.7 Å². The number of nitrogens with zero attached hydrogens (tertiary/aromatic N) is 4. The zero-order valence-corrected chi connectivity index (χ0v) is 16.2. The molecule has 3 aromatic rings. The lowest BCUT2D eigenvalue weighted by Crippen LogP contribution is -2.44. The third kappa shape index (κ3) is 4.43. The van der Waals surface area contributed by atoms with E-state index in [4.69, 9.17) is 4.74 Å². The van der Waals surface area contributed by atoms with Gasteiger partial charge in [0.1, 0.15) is 5.75 Å². The minimum absolute atomic E-state index is 0.0834. The highest BCUT2D eigenvalue weighted by Gasteiger charge is 2.13. The largest absolute Gasteiger partial charge is 0.483 e. The lowest BCUT2D eigenvalue weighted by Gasteiger charge is -2.12. The number of carbonyl (C=O) groups is 2. The summed E-state index contributed by atoms with van der Waals surface area (Å²) in [6.07, 6.45) is -0.0834. The van der Waals surface area contributed by atoms with Gasteiger partial charge in [-0.2, -0.15) is 4.98 Å². The molecule has 0 radical (unpaired) electrons. The molecule has 0 aliphatic carbocycles. The Morgan fingerprint density at radius 3 is 2.43 bits per heavy atom. The molecule has 0 saturated heterocycles. The molecule has 2 aromatic heterocycles. The zero-order chi connectivity index (χ0) is 20.3. The van der Waals surface area contributed by atoms with Gasteiger partial charge >= 0.3 is 0 Å². The number of rotatable bonds is 5. The molecule has 0 aliphatic heterocycles. The fourth-order valence-electron chi connectivity index (χ4n) is 2.81. The van der Waals surface area contributed by atoms with Gasteiger partial charge in [0.2, 0.25) is 5.91 Å². The Morgan fingerprint density at radius 2 is 1.71 bits per heavy atom. The van der Waals surface area contributed by atoms with Crippen molar-refractivity contribution in [3.05, 3.63) is 52.6 Å². The van der Waals surface area contributed by atoms with Gasteiger partial charge in [-0.25, -0.2) is 9.50 Å². The highest BCUT2D eigenvalue weighted by molar-refractivity contribution is 5.83. The van der Waals surface area contributed by atoms with Crippen LogP contribution in [0.2, 0.25) is 0 Å². The van der Waals surface area contributed by atoms with Crippen molar-refractivity contribution in [3.63, 3.8) is 0 Å². The van der Waals surface area contributed by atoms with Gasteiger partial charge < -0.3 is 4.74 Å². The summed E-state index contributed by atoms with van der Waals surface area (Å²) in [4.78, 5) is 32.5. The average Bonchev–Trinajstić information content (AvgIpc) is 3.02. The molecule has 0 saturated carbocycles. The van der Waals surface area contributed by atoms with E-state index in [0.29, 0.717) is 17.4 Å². The van der Waals surface area contributed by atoms with E-state index in [1.54, 1.807) is 4.52 Å². The molecule has 0 bridgehead atoms. The molecule has 0 spiro atoms. The van der Waals surface area contributed by atoms with Crippen molar-refractivity contribution in [1.82, 2.24) is 30.4 Å². The summed E-state index contributed by atoms with van der Waals surface area (Å²) in [5, 5.41) is 4.26.